The summed E-state index contributed by atoms with van der Waals surface area (Å²) >= 11 is 0. The van der Waals surface area contributed by atoms with E-state index in [1.165, 1.54) is 0 Å². The summed E-state index contributed by atoms with van der Waals surface area (Å²) in [5.74, 6) is 0.499. The molecule has 1 saturated heterocycles. The van der Waals surface area contributed by atoms with Crippen LogP contribution in [-0.2, 0) is 16.9 Å². The lowest BCUT2D eigenvalue weighted by Crippen LogP contribution is -2.40. The van der Waals surface area contributed by atoms with Crippen LogP contribution in [-0.4, -0.2) is 51.8 Å². The lowest BCUT2D eigenvalue weighted by atomic mass is 9.75. The zero-order valence-electron chi connectivity index (χ0n) is 17.7. The van der Waals surface area contributed by atoms with E-state index >= 15 is 0 Å². The van der Waals surface area contributed by atoms with E-state index in [1.54, 1.807) is 6.20 Å². The highest BCUT2D eigenvalue weighted by molar-refractivity contribution is 6.05. The predicted molar refractivity (Wildman–Crippen MR) is 119 cm³/mol. The van der Waals surface area contributed by atoms with E-state index in [2.05, 4.69) is 9.55 Å². The summed E-state index contributed by atoms with van der Waals surface area (Å²) in [6.07, 6.45) is 7.17. The second-order valence-corrected chi connectivity index (χ2v) is 8.81. The summed E-state index contributed by atoms with van der Waals surface area (Å²) in [5, 5.41) is 11.1. The van der Waals surface area contributed by atoms with Gasteiger partial charge in [-0.3, -0.25) is 9.78 Å². The van der Waals surface area contributed by atoms with Crippen molar-refractivity contribution >= 4 is 16.9 Å². The van der Waals surface area contributed by atoms with Crippen molar-refractivity contribution in [3.8, 4) is 0 Å². The van der Waals surface area contributed by atoms with E-state index in [0.717, 1.165) is 48.8 Å². The average molecular weight is 420 g/mol. The Balaban J connectivity index is 1.34. The van der Waals surface area contributed by atoms with Crippen LogP contribution in [0.25, 0.3) is 11.0 Å². The molecule has 2 fully saturated rings. The number of hydrogen-bond acceptors (Lipinski definition) is 4. The van der Waals surface area contributed by atoms with Gasteiger partial charge >= 0.3 is 0 Å². The zero-order chi connectivity index (χ0) is 21.3. The molecule has 1 aliphatic carbocycles. The molecule has 6 nitrogen and oxygen atoms in total. The van der Waals surface area contributed by atoms with Crippen LogP contribution in [0.5, 0.6) is 0 Å². The van der Waals surface area contributed by atoms with Crippen LogP contribution in [0.3, 0.4) is 0 Å². The number of rotatable bonds is 4. The molecule has 0 atom stereocenters. The summed E-state index contributed by atoms with van der Waals surface area (Å²) in [6, 6.07) is 14.0. The average Bonchev–Trinajstić information content (AvgIpc) is 3.20. The summed E-state index contributed by atoms with van der Waals surface area (Å²) in [4.78, 5) is 19.5. The molecular weight excluding hydrogens is 390 g/mol. The molecule has 2 aliphatic rings. The standard InChI is InChI=1S/C25H29N3O3/c29-24(27-13-15-31-16-14-27)21-18-28(22-7-4-12-26-23(21)22)17-19-8-10-25(30,11-9-19)20-5-2-1-3-6-20/h1-7,12,18-19,30H,8-11,13-17H2. The van der Waals surface area contributed by atoms with E-state index in [-0.39, 0.29) is 5.91 Å². The van der Waals surface area contributed by atoms with Crippen molar-refractivity contribution in [2.75, 3.05) is 26.3 Å². The number of aromatic nitrogens is 2. The summed E-state index contributed by atoms with van der Waals surface area (Å²) in [6.45, 7) is 3.26. The Bertz CT molecular complexity index is 1050. The van der Waals surface area contributed by atoms with Gasteiger partial charge in [0, 0.05) is 32.0 Å². The van der Waals surface area contributed by atoms with Crippen molar-refractivity contribution in [1.82, 2.24) is 14.5 Å². The number of carbonyl (C=O) groups is 1. The Morgan fingerprint density at radius 2 is 1.84 bits per heavy atom. The van der Waals surface area contributed by atoms with Crippen molar-refractivity contribution in [2.24, 2.45) is 5.92 Å². The van der Waals surface area contributed by atoms with Crippen molar-refractivity contribution in [3.63, 3.8) is 0 Å². The Morgan fingerprint density at radius 3 is 2.58 bits per heavy atom. The number of carbonyl (C=O) groups excluding carboxylic acids is 1. The number of morpholine rings is 1. The first-order valence-corrected chi connectivity index (χ1v) is 11.2. The molecule has 3 heterocycles. The Hall–Kier alpha value is -2.70. The molecule has 5 rings (SSSR count). The molecule has 162 valence electrons. The van der Waals surface area contributed by atoms with Gasteiger partial charge in [0.1, 0.15) is 5.52 Å². The van der Waals surface area contributed by atoms with Crippen molar-refractivity contribution in [3.05, 3.63) is 66.0 Å². The van der Waals surface area contributed by atoms with Crippen LogP contribution in [0.2, 0.25) is 0 Å². The van der Waals surface area contributed by atoms with Crippen molar-refractivity contribution < 1.29 is 14.6 Å². The minimum atomic E-state index is -0.727. The van der Waals surface area contributed by atoms with E-state index in [4.69, 9.17) is 4.74 Å². The van der Waals surface area contributed by atoms with Gasteiger partial charge in [-0.1, -0.05) is 30.3 Å². The molecule has 2 aromatic heterocycles. The maximum absolute atomic E-state index is 13.1. The molecule has 1 N–H and O–H groups in total. The van der Waals surface area contributed by atoms with Crippen molar-refractivity contribution in [1.29, 1.82) is 0 Å². The second kappa shape index (κ2) is 8.44. The van der Waals surface area contributed by atoms with Crippen LogP contribution >= 0.6 is 0 Å². The molecule has 0 radical (unpaired) electrons. The van der Waals surface area contributed by atoms with Gasteiger partial charge in [-0.05, 0) is 49.3 Å². The first-order chi connectivity index (χ1) is 15.1. The van der Waals surface area contributed by atoms with Gasteiger partial charge in [0.15, 0.2) is 0 Å². The molecule has 31 heavy (non-hydrogen) atoms. The molecular formula is C25H29N3O3. The highest BCUT2D eigenvalue weighted by atomic mass is 16.5. The maximum Gasteiger partial charge on any atom is 0.257 e. The van der Waals surface area contributed by atoms with Crippen LogP contribution in [0.4, 0.5) is 0 Å². The number of pyridine rings is 1. The predicted octanol–water partition coefficient (Wildman–Crippen LogP) is 3.59. The number of amides is 1. The number of hydrogen-bond donors (Lipinski definition) is 1. The molecule has 3 aromatic rings. The van der Waals surface area contributed by atoms with Crippen LogP contribution < -0.4 is 0 Å². The monoisotopic (exact) mass is 419 g/mol. The van der Waals surface area contributed by atoms with E-state index in [1.807, 2.05) is 53.6 Å². The lowest BCUT2D eigenvalue weighted by molar-refractivity contribution is -0.0160. The molecule has 0 bridgehead atoms. The smallest absolute Gasteiger partial charge is 0.257 e. The summed E-state index contributed by atoms with van der Waals surface area (Å²) in [5.41, 5.74) is 2.74. The summed E-state index contributed by atoms with van der Waals surface area (Å²) in [7, 11) is 0. The molecule has 6 heteroatoms. The molecule has 0 spiro atoms. The van der Waals surface area contributed by atoms with Gasteiger partial charge in [-0.2, -0.15) is 0 Å². The number of benzene rings is 1. The Labute approximate surface area is 182 Å². The third-order valence-electron chi connectivity index (χ3n) is 6.86. The Kier molecular flexibility index (Phi) is 5.50. The number of ether oxygens (including phenoxy) is 1. The molecule has 1 aromatic carbocycles. The van der Waals surface area contributed by atoms with Gasteiger partial charge in [0.2, 0.25) is 0 Å². The fourth-order valence-corrected chi connectivity index (χ4v) is 5.02. The van der Waals surface area contributed by atoms with Crippen LogP contribution in [0, 0.1) is 5.92 Å². The summed E-state index contributed by atoms with van der Waals surface area (Å²) < 4.78 is 7.58. The van der Waals surface area contributed by atoms with Crippen LogP contribution in [0.15, 0.2) is 54.9 Å². The number of fused-ring (bicyclic) bond motifs is 1. The molecule has 1 aliphatic heterocycles. The second-order valence-electron chi connectivity index (χ2n) is 8.81. The van der Waals surface area contributed by atoms with E-state index in [0.29, 0.717) is 37.8 Å². The van der Waals surface area contributed by atoms with E-state index < -0.39 is 5.60 Å². The van der Waals surface area contributed by atoms with Crippen molar-refractivity contribution in [2.45, 2.75) is 37.8 Å². The lowest BCUT2D eigenvalue weighted by Gasteiger charge is -2.36. The maximum atomic E-state index is 13.1. The first kappa shape index (κ1) is 20.2. The fourth-order valence-electron chi connectivity index (χ4n) is 5.02. The van der Waals surface area contributed by atoms with E-state index in [9.17, 15) is 9.90 Å². The molecule has 1 amide bonds. The van der Waals surface area contributed by atoms with Gasteiger partial charge in [0.05, 0.1) is 29.9 Å². The highest BCUT2D eigenvalue weighted by Crippen LogP contribution is 2.40. The normalized spacial score (nSPS) is 24.4. The van der Waals surface area contributed by atoms with Gasteiger partial charge < -0.3 is 19.3 Å². The SMILES string of the molecule is O=C(c1cn(CC2CCC(O)(c3ccccc3)CC2)c2cccnc12)N1CCOCC1. The fraction of sp³-hybridized carbons (Fsp3) is 0.440. The number of nitrogens with zero attached hydrogens (tertiary/aromatic N) is 3. The van der Waals surface area contributed by atoms with Gasteiger partial charge in [0.25, 0.3) is 5.91 Å². The Morgan fingerprint density at radius 1 is 1.10 bits per heavy atom. The minimum Gasteiger partial charge on any atom is -0.385 e. The molecule has 0 unspecified atom stereocenters. The topological polar surface area (TPSA) is 67.6 Å². The van der Waals surface area contributed by atoms with Gasteiger partial charge in [-0.25, -0.2) is 0 Å². The highest BCUT2D eigenvalue weighted by Gasteiger charge is 2.35. The third kappa shape index (κ3) is 3.98. The van der Waals surface area contributed by atoms with Gasteiger partial charge in [-0.15, -0.1) is 0 Å². The third-order valence-corrected chi connectivity index (χ3v) is 6.86. The quantitative estimate of drug-likeness (QED) is 0.702. The minimum absolute atomic E-state index is 0.0350. The zero-order valence-corrected chi connectivity index (χ0v) is 17.7. The largest absolute Gasteiger partial charge is 0.385 e. The number of aliphatic hydroxyl groups is 1. The first-order valence-electron chi connectivity index (χ1n) is 11.2. The molecule has 1 saturated carbocycles. The van der Waals surface area contributed by atoms with Crippen LogP contribution in [0.1, 0.15) is 41.6 Å².